The zero-order valence-corrected chi connectivity index (χ0v) is 10.3. The van der Waals surface area contributed by atoms with Crippen LogP contribution in [0.4, 0.5) is 5.69 Å². The number of halogens is 1. The minimum atomic E-state index is -0.530. The highest BCUT2D eigenvalue weighted by molar-refractivity contribution is 6.31. The van der Waals surface area contributed by atoms with Crippen LogP contribution in [0, 0.1) is 12.3 Å². The Kier molecular flexibility index (Phi) is 2.58. The highest BCUT2D eigenvalue weighted by Gasteiger charge is 2.32. The summed E-state index contributed by atoms with van der Waals surface area (Å²) in [5.41, 5.74) is 1.05. The van der Waals surface area contributed by atoms with Gasteiger partial charge in [-0.25, -0.2) is 0 Å². The lowest BCUT2D eigenvalue weighted by atomic mass is 9.94. The van der Waals surface area contributed by atoms with E-state index in [1.807, 2.05) is 26.8 Å². The van der Waals surface area contributed by atoms with Gasteiger partial charge in [0.25, 0.3) is 0 Å². The van der Waals surface area contributed by atoms with Crippen LogP contribution in [0.25, 0.3) is 0 Å². The third-order valence-corrected chi connectivity index (χ3v) is 2.90. The van der Waals surface area contributed by atoms with Crippen LogP contribution in [-0.2, 0) is 4.79 Å². The molecule has 0 unspecified atom stereocenters. The predicted octanol–water partition coefficient (Wildman–Crippen LogP) is 3.01. The largest absolute Gasteiger partial charge is 0.490 e. The molecular weight excluding hydrogens is 226 g/mol. The number of carbonyl (C=O) groups excluding carboxylic acids is 1. The molecule has 0 aromatic heterocycles. The van der Waals surface area contributed by atoms with Crippen LogP contribution in [0.1, 0.15) is 19.4 Å². The minimum absolute atomic E-state index is 0.0482. The summed E-state index contributed by atoms with van der Waals surface area (Å²) >= 11 is 5.95. The number of carbonyl (C=O) groups is 1. The van der Waals surface area contributed by atoms with Crippen molar-refractivity contribution in [2.24, 2.45) is 5.41 Å². The van der Waals surface area contributed by atoms with Crippen LogP contribution in [0.3, 0.4) is 0 Å². The lowest BCUT2D eigenvalue weighted by molar-refractivity contribution is -0.124. The molecule has 0 aliphatic carbocycles. The maximum Gasteiger partial charge on any atom is 0.233 e. The molecule has 1 aromatic rings. The quantitative estimate of drug-likeness (QED) is 0.756. The van der Waals surface area contributed by atoms with E-state index < -0.39 is 5.41 Å². The Hall–Kier alpha value is -1.22. The molecule has 1 heterocycles. The molecule has 4 heteroatoms. The Morgan fingerprint density at radius 3 is 2.81 bits per heavy atom. The van der Waals surface area contributed by atoms with Gasteiger partial charge in [-0.15, -0.1) is 0 Å². The van der Waals surface area contributed by atoms with Crippen molar-refractivity contribution in [3.63, 3.8) is 0 Å². The van der Waals surface area contributed by atoms with Crippen LogP contribution < -0.4 is 10.1 Å². The molecule has 1 aliphatic heterocycles. The summed E-state index contributed by atoms with van der Waals surface area (Å²) in [5.74, 6) is 0.663. The number of anilines is 1. The summed E-state index contributed by atoms with van der Waals surface area (Å²) in [6.45, 7) is 5.99. The number of amides is 1. The Balaban J connectivity index is 2.49. The monoisotopic (exact) mass is 239 g/mol. The number of nitrogens with one attached hydrogen (secondary N) is 1. The molecule has 0 saturated heterocycles. The fourth-order valence-corrected chi connectivity index (χ4v) is 1.90. The van der Waals surface area contributed by atoms with Gasteiger partial charge in [-0.1, -0.05) is 11.6 Å². The first-order chi connectivity index (χ1) is 7.40. The third kappa shape index (κ3) is 1.87. The first-order valence-electron chi connectivity index (χ1n) is 5.14. The highest BCUT2D eigenvalue weighted by atomic mass is 35.5. The van der Waals surface area contributed by atoms with Gasteiger partial charge in [0.15, 0.2) is 0 Å². The van der Waals surface area contributed by atoms with Gasteiger partial charge in [-0.3, -0.25) is 4.79 Å². The molecule has 0 bridgehead atoms. The van der Waals surface area contributed by atoms with Crippen LogP contribution in [0.5, 0.6) is 5.75 Å². The van der Waals surface area contributed by atoms with Crippen LogP contribution in [-0.4, -0.2) is 12.5 Å². The van der Waals surface area contributed by atoms with Crippen LogP contribution in [0.2, 0.25) is 5.02 Å². The fourth-order valence-electron chi connectivity index (χ4n) is 1.62. The van der Waals surface area contributed by atoms with E-state index in [1.54, 1.807) is 6.07 Å². The number of hydrogen-bond acceptors (Lipinski definition) is 2. The molecule has 1 aromatic carbocycles. The predicted molar refractivity (Wildman–Crippen MR) is 64.1 cm³/mol. The molecule has 0 fully saturated rings. The standard InChI is InChI=1S/C12H14ClNO2/c1-7-4-8(13)5-9-10(7)16-6-12(2,3)11(15)14-9/h4-5H,6H2,1-3H3,(H,14,15). The smallest absolute Gasteiger partial charge is 0.233 e. The second-order valence-electron chi connectivity index (χ2n) is 4.73. The van der Waals surface area contributed by atoms with E-state index >= 15 is 0 Å². The van der Waals surface area contributed by atoms with Gasteiger partial charge in [0, 0.05) is 5.02 Å². The molecule has 2 rings (SSSR count). The molecule has 1 aliphatic rings. The van der Waals surface area contributed by atoms with Gasteiger partial charge in [-0.2, -0.15) is 0 Å². The van der Waals surface area contributed by atoms with E-state index in [0.29, 0.717) is 23.1 Å². The van der Waals surface area contributed by atoms with Crippen molar-refractivity contribution < 1.29 is 9.53 Å². The first kappa shape index (κ1) is 11.3. The second kappa shape index (κ2) is 3.67. The van der Waals surface area contributed by atoms with Gasteiger partial charge in [-0.05, 0) is 38.5 Å². The van der Waals surface area contributed by atoms with E-state index in [4.69, 9.17) is 16.3 Å². The third-order valence-electron chi connectivity index (χ3n) is 2.68. The van der Waals surface area contributed by atoms with Crippen molar-refractivity contribution >= 4 is 23.2 Å². The van der Waals surface area contributed by atoms with Gasteiger partial charge < -0.3 is 10.1 Å². The minimum Gasteiger partial charge on any atom is -0.490 e. The van der Waals surface area contributed by atoms with Crippen LogP contribution in [0.15, 0.2) is 12.1 Å². The molecule has 0 radical (unpaired) electrons. The number of rotatable bonds is 0. The van der Waals surface area contributed by atoms with Gasteiger partial charge in [0.05, 0.1) is 11.1 Å². The number of ether oxygens (including phenoxy) is 1. The number of hydrogen-bond donors (Lipinski definition) is 1. The molecule has 0 atom stereocenters. The summed E-state index contributed by atoms with van der Waals surface area (Å²) in [5, 5.41) is 3.44. The lowest BCUT2D eigenvalue weighted by Gasteiger charge is -2.18. The topological polar surface area (TPSA) is 38.3 Å². The molecule has 0 spiro atoms. The summed E-state index contributed by atoms with van der Waals surface area (Å²) in [6.07, 6.45) is 0. The Labute approximate surface area is 99.7 Å². The summed E-state index contributed by atoms with van der Waals surface area (Å²) in [6, 6.07) is 3.54. The van der Waals surface area contributed by atoms with Gasteiger partial charge in [0.2, 0.25) is 5.91 Å². The molecule has 1 N–H and O–H groups in total. The molecule has 1 amide bonds. The van der Waals surface area contributed by atoms with Crippen molar-refractivity contribution in [3.8, 4) is 5.75 Å². The molecule has 3 nitrogen and oxygen atoms in total. The average molecular weight is 240 g/mol. The molecule has 16 heavy (non-hydrogen) atoms. The van der Waals surface area contributed by atoms with Crippen molar-refractivity contribution in [3.05, 3.63) is 22.7 Å². The maximum atomic E-state index is 11.9. The molecular formula is C12H14ClNO2. The SMILES string of the molecule is Cc1cc(Cl)cc2c1OCC(C)(C)C(=O)N2. The number of aryl methyl sites for hydroxylation is 1. The van der Waals surface area contributed by atoms with Crippen molar-refractivity contribution in [1.29, 1.82) is 0 Å². The summed E-state index contributed by atoms with van der Waals surface area (Å²) < 4.78 is 5.68. The summed E-state index contributed by atoms with van der Waals surface area (Å²) in [4.78, 5) is 11.9. The first-order valence-corrected chi connectivity index (χ1v) is 5.52. The Morgan fingerprint density at radius 1 is 1.44 bits per heavy atom. The maximum absolute atomic E-state index is 11.9. The van der Waals surface area contributed by atoms with Crippen molar-refractivity contribution in [1.82, 2.24) is 0 Å². The van der Waals surface area contributed by atoms with Crippen molar-refractivity contribution in [2.45, 2.75) is 20.8 Å². The van der Waals surface area contributed by atoms with Gasteiger partial charge >= 0.3 is 0 Å². The normalized spacial score (nSPS) is 18.1. The average Bonchev–Trinajstić information content (AvgIpc) is 2.25. The zero-order valence-electron chi connectivity index (χ0n) is 9.56. The molecule has 86 valence electrons. The van der Waals surface area contributed by atoms with Crippen LogP contribution >= 0.6 is 11.6 Å². The second-order valence-corrected chi connectivity index (χ2v) is 5.16. The number of benzene rings is 1. The Morgan fingerprint density at radius 2 is 2.12 bits per heavy atom. The van der Waals surface area contributed by atoms with E-state index in [0.717, 1.165) is 5.56 Å². The molecule has 0 saturated carbocycles. The van der Waals surface area contributed by atoms with Crippen molar-refractivity contribution in [2.75, 3.05) is 11.9 Å². The number of fused-ring (bicyclic) bond motifs is 1. The van der Waals surface area contributed by atoms with E-state index in [2.05, 4.69) is 5.32 Å². The van der Waals surface area contributed by atoms with E-state index in [1.165, 1.54) is 0 Å². The lowest BCUT2D eigenvalue weighted by Crippen LogP contribution is -2.33. The zero-order chi connectivity index (χ0) is 11.9. The van der Waals surface area contributed by atoms with Gasteiger partial charge in [0.1, 0.15) is 12.4 Å². The summed E-state index contributed by atoms with van der Waals surface area (Å²) in [7, 11) is 0. The van der Waals surface area contributed by atoms with E-state index in [9.17, 15) is 4.79 Å². The highest BCUT2D eigenvalue weighted by Crippen LogP contribution is 2.36. The Bertz CT molecular complexity index is 455. The van der Waals surface area contributed by atoms with E-state index in [-0.39, 0.29) is 5.91 Å². The fraction of sp³-hybridized carbons (Fsp3) is 0.417.